The molecule has 0 spiro atoms. The van der Waals surface area contributed by atoms with Crippen LogP contribution in [0.25, 0.3) is 11.3 Å². The molecule has 0 atom stereocenters. The fourth-order valence-electron chi connectivity index (χ4n) is 4.72. The summed E-state index contributed by atoms with van der Waals surface area (Å²) in [6.45, 7) is 2.41. The molecule has 0 bridgehead atoms. The van der Waals surface area contributed by atoms with Crippen molar-refractivity contribution in [3.05, 3.63) is 69.6 Å². The summed E-state index contributed by atoms with van der Waals surface area (Å²) in [4.78, 5) is 27.2. The number of nitrogens with zero attached hydrogens (tertiary/aromatic N) is 3. The Hall–Kier alpha value is -3.23. The van der Waals surface area contributed by atoms with Crippen molar-refractivity contribution in [2.75, 3.05) is 31.2 Å². The van der Waals surface area contributed by atoms with Crippen LogP contribution in [0.3, 0.4) is 0 Å². The lowest BCUT2D eigenvalue weighted by Crippen LogP contribution is -2.37. The number of halogens is 2. The van der Waals surface area contributed by atoms with Gasteiger partial charge in [0.2, 0.25) is 0 Å². The maximum absolute atomic E-state index is 14.9. The van der Waals surface area contributed by atoms with Gasteiger partial charge in [-0.25, -0.2) is 9.18 Å². The number of aromatic carboxylic acids is 1. The first-order valence-electron chi connectivity index (χ1n) is 11.3. The molecule has 1 aromatic heterocycles. The van der Waals surface area contributed by atoms with E-state index in [9.17, 15) is 14.0 Å². The highest BCUT2D eigenvalue weighted by Gasteiger charge is 2.30. The van der Waals surface area contributed by atoms with Crippen molar-refractivity contribution in [2.24, 2.45) is 0 Å². The van der Waals surface area contributed by atoms with Crippen molar-refractivity contribution in [3.63, 3.8) is 0 Å². The Balaban J connectivity index is 1.62. The summed E-state index contributed by atoms with van der Waals surface area (Å²) >= 11 is 6.54. The summed E-state index contributed by atoms with van der Waals surface area (Å²) in [5.74, 6) is -2.25. The molecule has 5 rings (SSSR count). The Kier molecular flexibility index (Phi) is 6.10. The normalized spacial score (nSPS) is 15.8. The molecular weight excluding hydrogens is 461 g/mol. The standard InChI is InChI=1S/C25H23ClFN3O4/c26-18-5-3-7-21(29-10-12-34-13-11-29)22(18)24(31)30-20-6-2-1-4-17(20)23(28-30)16-9-8-15(25(32)33)14-19(16)27/h3,5,7-9,14H,1-2,4,6,10-13H2,(H,32,33). The van der Waals surface area contributed by atoms with Crippen LogP contribution in [-0.2, 0) is 17.6 Å². The van der Waals surface area contributed by atoms with Crippen LogP contribution < -0.4 is 4.90 Å². The third kappa shape index (κ3) is 3.97. The van der Waals surface area contributed by atoms with Crippen LogP contribution >= 0.6 is 11.6 Å². The SMILES string of the molecule is O=C(O)c1ccc(-c2nn(C(=O)c3c(Cl)cccc3N3CCOCC3)c3c2CCCC3)c(F)c1. The van der Waals surface area contributed by atoms with E-state index in [4.69, 9.17) is 21.4 Å². The lowest BCUT2D eigenvalue weighted by Gasteiger charge is -2.30. The van der Waals surface area contributed by atoms with E-state index >= 15 is 0 Å². The van der Waals surface area contributed by atoms with Gasteiger partial charge >= 0.3 is 5.97 Å². The van der Waals surface area contributed by atoms with E-state index in [1.807, 2.05) is 12.1 Å². The van der Waals surface area contributed by atoms with Crippen molar-refractivity contribution in [2.45, 2.75) is 25.7 Å². The lowest BCUT2D eigenvalue weighted by molar-refractivity contribution is 0.0696. The Morgan fingerprint density at radius 2 is 1.85 bits per heavy atom. The van der Waals surface area contributed by atoms with Gasteiger partial charge < -0.3 is 14.7 Å². The highest BCUT2D eigenvalue weighted by atomic mass is 35.5. The molecule has 2 heterocycles. The number of rotatable bonds is 4. The van der Waals surface area contributed by atoms with Gasteiger partial charge in [0.05, 0.1) is 46.4 Å². The number of carbonyl (C=O) groups is 2. The molecule has 0 amide bonds. The Bertz CT molecular complexity index is 1280. The van der Waals surface area contributed by atoms with Crippen LogP contribution in [0, 0.1) is 5.82 Å². The first-order valence-corrected chi connectivity index (χ1v) is 11.6. The molecule has 0 radical (unpaired) electrons. The summed E-state index contributed by atoms with van der Waals surface area (Å²) in [6.07, 6.45) is 3.10. The fourth-order valence-corrected chi connectivity index (χ4v) is 4.97. The molecular formula is C25H23ClFN3O4. The Morgan fingerprint density at radius 1 is 1.09 bits per heavy atom. The number of carboxylic acids is 1. The second-order valence-electron chi connectivity index (χ2n) is 8.43. The zero-order valence-electron chi connectivity index (χ0n) is 18.4. The van der Waals surface area contributed by atoms with Gasteiger partial charge in [0, 0.05) is 24.2 Å². The van der Waals surface area contributed by atoms with E-state index in [2.05, 4.69) is 10.00 Å². The highest BCUT2D eigenvalue weighted by Crippen LogP contribution is 2.35. The number of carbonyl (C=O) groups excluding carboxylic acids is 1. The van der Waals surface area contributed by atoms with Crippen LogP contribution in [0.2, 0.25) is 5.02 Å². The van der Waals surface area contributed by atoms with Gasteiger partial charge in [-0.1, -0.05) is 17.7 Å². The third-order valence-electron chi connectivity index (χ3n) is 6.40. The van der Waals surface area contributed by atoms with Gasteiger partial charge in [-0.05, 0) is 56.0 Å². The summed E-state index contributed by atoms with van der Waals surface area (Å²) < 4.78 is 21.7. The fraction of sp³-hybridized carbons (Fsp3) is 0.320. The van der Waals surface area contributed by atoms with Crippen LogP contribution in [0.4, 0.5) is 10.1 Å². The number of anilines is 1. The number of aromatic nitrogens is 2. The number of benzene rings is 2. The first-order chi connectivity index (χ1) is 16.5. The number of ether oxygens (including phenoxy) is 1. The zero-order valence-corrected chi connectivity index (χ0v) is 19.1. The molecule has 0 saturated carbocycles. The molecule has 7 nitrogen and oxygen atoms in total. The summed E-state index contributed by atoms with van der Waals surface area (Å²) in [5, 5.41) is 14.1. The molecule has 1 N–H and O–H groups in total. The maximum Gasteiger partial charge on any atom is 0.335 e. The molecule has 176 valence electrons. The van der Waals surface area contributed by atoms with Gasteiger partial charge in [0.25, 0.3) is 5.91 Å². The van der Waals surface area contributed by atoms with Crippen LogP contribution in [0.1, 0.15) is 44.8 Å². The van der Waals surface area contributed by atoms with Crippen LogP contribution in [0.15, 0.2) is 36.4 Å². The second kappa shape index (κ2) is 9.19. The number of hydrogen-bond donors (Lipinski definition) is 1. The van der Waals surface area contributed by atoms with Crippen molar-refractivity contribution in [1.29, 1.82) is 0 Å². The third-order valence-corrected chi connectivity index (χ3v) is 6.72. The molecule has 1 saturated heterocycles. The second-order valence-corrected chi connectivity index (χ2v) is 8.84. The van der Waals surface area contributed by atoms with E-state index in [1.165, 1.54) is 16.8 Å². The first kappa shape index (κ1) is 22.6. The monoisotopic (exact) mass is 483 g/mol. The number of fused-ring (bicyclic) bond motifs is 1. The minimum absolute atomic E-state index is 0.142. The van der Waals surface area contributed by atoms with E-state index in [-0.39, 0.29) is 17.0 Å². The smallest absolute Gasteiger partial charge is 0.335 e. The van der Waals surface area contributed by atoms with Crippen molar-refractivity contribution < 1.29 is 23.8 Å². The molecule has 1 aliphatic heterocycles. The van der Waals surface area contributed by atoms with Crippen molar-refractivity contribution >= 4 is 29.2 Å². The van der Waals surface area contributed by atoms with Crippen molar-refractivity contribution in [3.8, 4) is 11.3 Å². The predicted octanol–water partition coefficient (Wildman–Crippen LogP) is 4.44. The number of hydrogen-bond acceptors (Lipinski definition) is 5. The topological polar surface area (TPSA) is 84.7 Å². The van der Waals surface area contributed by atoms with E-state index in [1.54, 1.807) is 6.07 Å². The summed E-state index contributed by atoms with van der Waals surface area (Å²) in [6, 6.07) is 9.11. The molecule has 3 aromatic rings. The number of morpholine rings is 1. The maximum atomic E-state index is 14.9. The lowest BCUT2D eigenvalue weighted by atomic mass is 9.93. The van der Waals surface area contributed by atoms with Gasteiger partial charge in [-0.2, -0.15) is 9.78 Å². The van der Waals surface area contributed by atoms with Gasteiger partial charge in [0.15, 0.2) is 0 Å². The Morgan fingerprint density at radius 3 is 2.59 bits per heavy atom. The average molecular weight is 484 g/mol. The van der Waals surface area contributed by atoms with Crippen LogP contribution in [-0.4, -0.2) is 53.1 Å². The molecule has 1 aliphatic carbocycles. The minimum atomic E-state index is -1.21. The molecule has 34 heavy (non-hydrogen) atoms. The van der Waals surface area contributed by atoms with Gasteiger partial charge in [0.1, 0.15) is 5.82 Å². The quantitative estimate of drug-likeness (QED) is 0.590. The molecule has 9 heteroatoms. The molecule has 2 aromatic carbocycles. The molecule has 0 unspecified atom stereocenters. The largest absolute Gasteiger partial charge is 0.478 e. The van der Waals surface area contributed by atoms with Gasteiger partial charge in [-0.15, -0.1) is 0 Å². The van der Waals surface area contributed by atoms with E-state index < -0.39 is 11.8 Å². The molecule has 2 aliphatic rings. The molecule has 1 fully saturated rings. The van der Waals surface area contributed by atoms with E-state index in [0.29, 0.717) is 55.4 Å². The summed E-state index contributed by atoms with van der Waals surface area (Å²) in [7, 11) is 0. The highest BCUT2D eigenvalue weighted by molar-refractivity contribution is 6.34. The number of carboxylic acid groups (broad SMARTS) is 1. The minimum Gasteiger partial charge on any atom is -0.478 e. The van der Waals surface area contributed by atoms with Gasteiger partial charge in [-0.3, -0.25) is 4.79 Å². The zero-order chi connectivity index (χ0) is 23.8. The van der Waals surface area contributed by atoms with E-state index in [0.717, 1.165) is 35.9 Å². The average Bonchev–Trinajstić information content (AvgIpc) is 3.23. The summed E-state index contributed by atoms with van der Waals surface area (Å²) in [5.41, 5.74) is 3.06. The van der Waals surface area contributed by atoms with Crippen LogP contribution in [0.5, 0.6) is 0 Å². The van der Waals surface area contributed by atoms with Crippen molar-refractivity contribution in [1.82, 2.24) is 9.78 Å². The predicted molar refractivity (Wildman–Crippen MR) is 125 cm³/mol. The Labute approximate surface area is 200 Å².